The van der Waals surface area contributed by atoms with Crippen LogP contribution in [-0.2, 0) is 11.2 Å². The molecule has 0 aliphatic heterocycles. The van der Waals surface area contributed by atoms with Crippen molar-refractivity contribution >= 4 is 23.2 Å². The fourth-order valence-corrected chi connectivity index (χ4v) is 4.37. The van der Waals surface area contributed by atoms with Crippen LogP contribution in [0, 0.1) is 0 Å². The van der Waals surface area contributed by atoms with Gasteiger partial charge in [0.2, 0.25) is 5.91 Å². The van der Waals surface area contributed by atoms with Gasteiger partial charge in [-0.2, -0.15) is 0 Å². The molecular formula is C27H29N3O3. The lowest BCUT2D eigenvalue weighted by Crippen LogP contribution is -2.34. The molecule has 0 radical (unpaired) electrons. The minimum Gasteiger partial charge on any atom is -0.495 e. The van der Waals surface area contributed by atoms with Crippen molar-refractivity contribution in [3.8, 4) is 5.75 Å². The summed E-state index contributed by atoms with van der Waals surface area (Å²) in [6, 6.07) is 22.9. The van der Waals surface area contributed by atoms with E-state index in [1.165, 1.54) is 11.1 Å². The van der Waals surface area contributed by atoms with Crippen LogP contribution in [0.25, 0.3) is 0 Å². The van der Waals surface area contributed by atoms with Crippen molar-refractivity contribution in [3.63, 3.8) is 0 Å². The van der Waals surface area contributed by atoms with E-state index in [1.54, 1.807) is 43.5 Å². The van der Waals surface area contributed by atoms with E-state index in [-0.39, 0.29) is 17.9 Å². The van der Waals surface area contributed by atoms with Gasteiger partial charge in [-0.05, 0) is 73.8 Å². The van der Waals surface area contributed by atoms with Crippen LogP contribution in [0.15, 0.2) is 72.8 Å². The standard InChI is InChI=1S/C27H29N3O3/c1-30(24-12-7-9-19-8-3-4-10-22(19)24)18-26(31)28-21-16-14-20(15-17-21)27(32)29-23-11-5-6-13-25(23)33-2/h3-6,8,10-11,13-17,24H,7,9,12,18H2,1-2H3,(H,28,31)(H,29,32)/t24-/m0/s1. The van der Waals surface area contributed by atoms with E-state index in [0.717, 1.165) is 19.3 Å². The second kappa shape index (κ2) is 10.3. The second-order valence-electron chi connectivity index (χ2n) is 8.30. The number of anilines is 2. The van der Waals surface area contributed by atoms with Gasteiger partial charge in [0.25, 0.3) is 5.91 Å². The minimum absolute atomic E-state index is 0.0771. The fraction of sp³-hybridized carbons (Fsp3) is 0.259. The lowest BCUT2D eigenvalue weighted by molar-refractivity contribution is -0.117. The summed E-state index contributed by atoms with van der Waals surface area (Å²) < 4.78 is 5.27. The molecule has 3 aromatic carbocycles. The molecule has 6 nitrogen and oxygen atoms in total. The zero-order valence-electron chi connectivity index (χ0n) is 19.0. The SMILES string of the molecule is COc1ccccc1NC(=O)c1ccc(NC(=O)CN(C)[C@H]2CCCc3ccccc32)cc1. The number of fused-ring (bicyclic) bond motifs is 1. The third kappa shape index (κ3) is 5.41. The van der Waals surface area contributed by atoms with E-state index in [0.29, 0.717) is 29.2 Å². The van der Waals surface area contributed by atoms with Crippen LogP contribution < -0.4 is 15.4 Å². The topological polar surface area (TPSA) is 70.7 Å². The molecule has 2 N–H and O–H groups in total. The van der Waals surface area contributed by atoms with Crippen molar-refractivity contribution in [3.05, 3.63) is 89.5 Å². The molecule has 1 aliphatic carbocycles. The lowest BCUT2D eigenvalue weighted by atomic mass is 9.87. The summed E-state index contributed by atoms with van der Waals surface area (Å²) in [5.41, 5.74) is 4.46. The normalized spacial score (nSPS) is 14.9. The van der Waals surface area contributed by atoms with Crippen molar-refractivity contribution < 1.29 is 14.3 Å². The highest BCUT2D eigenvalue weighted by atomic mass is 16.5. The summed E-state index contributed by atoms with van der Waals surface area (Å²) in [4.78, 5) is 27.4. The number of hydrogen-bond donors (Lipinski definition) is 2. The molecule has 0 spiro atoms. The van der Waals surface area contributed by atoms with Gasteiger partial charge in [-0.1, -0.05) is 36.4 Å². The van der Waals surface area contributed by atoms with Crippen molar-refractivity contribution in [1.29, 1.82) is 0 Å². The Morgan fingerprint density at radius 3 is 2.48 bits per heavy atom. The summed E-state index contributed by atoms with van der Waals surface area (Å²) >= 11 is 0. The first kappa shape index (κ1) is 22.6. The molecule has 4 rings (SSSR count). The molecule has 0 aromatic heterocycles. The quantitative estimate of drug-likeness (QED) is 0.545. The first-order valence-corrected chi connectivity index (χ1v) is 11.2. The third-order valence-corrected chi connectivity index (χ3v) is 6.05. The highest BCUT2D eigenvalue weighted by Gasteiger charge is 2.24. The molecule has 1 atom stereocenters. The molecule has 0 heterocycles. The van der Waals surface area contributed by atoms with E-state index >= 15 is 0 Å². The zero-order chi connectivity index (χ0) is 23.2. The van der Waals surface area contributed by atoms with Gasteiger partial charge in [0.1, 0.15) is 5.75 Å². The number of carbonyl (C=O) groups excluding carboxylic acids is 2. The molecule has 2 amide bonds. The van der Waals surface area contributed by atoms with E-state index in [9.17, 15) is 9.59 Å². The number of para-hydroxylation sites is 2. The van der Waals surface area contributed by atoms with Crippen LogP contribution in [0.5, 0.6) is 5.75 Å². The van der Waals surface area contributed by atoms with Crippen molar-refractivity contribution in [2.24, 2.45) is 0 Å². The van der Waals surface area contributed by atoms with E-state index in [4.69, 9.17) is 4.74 Å². The van der Waals surface area contributed by atoms with Crippen LogP contribution in [0.3, 0.4) is 0 Å². The Morgan fingerprint density at radius 2 is 1.70 bits per heavy atom. The van der Waals surface area contributed by atoms with Crippen LogP contribution in [0.2, 0.25) is 0 Å². The number of nitrogens with one attached hydrogen (secondary N) is 2. The minimum atomic E-state index is -0.243. The Morgan fingerprint density at radius 1 is 0.970 bits per heavy atom. The maximum absolute atomic E-state index is 12.7. The fourth-order valence-electron chi connectivity index (χ4n) is 4.37. The number of ether oxygens (including phenoxy) is 1. The molecule has 1 aliphatic rings. The van der Waals surface area contributed by atoms with Gasteiger partial charge in [-0.3, -0.25) is 14.5 Å². The molecular weight excluding hydrogens is 414 g/mol. The summed E-state index contributed by atoms with van der Waals surface area (Å²) in [5.74, 6) is 0.277. The average Bonchev–Trinajstić information content (AvgIpc) is 2.84. The third-order valence-electron chi connectivity index (χ3n) is 6.05. The largest absolute Gasteiger partial charge is 0.495 e. The van der Waals surface area contributed by atoms with Crippen LogP contribution in [0.1, 0.15) is 40.4 Å². The van der Waals surface area contributed by atoms with E-state index in [2.05, 4.69) is 39.8 Å². The van der Waals surface area contributed by atoms with Crippen molar-refractivity contribution in [2.75, 3.05) is 31.3 Å². The summed E-state index contributed by atoms with van der Waals surface area (Å²) in [7, 11) is 3.56. The number of hydrogen-bond acceptors (Lipinski definition) is 4. The zero-order valence-corrected chi connectivity index (χ0v) is 19.0. The lowest BCUT2D eigenvalue weighted by Gasteiger charge is -2.32. The predicted molar refractivity (Wildman–Crippen MR) is 131 cm³/mol. The highest BCUT2D eigenvalue weighted by Crippen LogP contribution is 2.33. The molecule has 33 heavy (non-hydrogen) atoms. The Hall–Kier alpha value is -3.64. The number of benzene rings is 3. The molecule has 0 unspecified atom stereocenters. The number of likely N-dealkylation sites (N-methyl/N-ethyl adjacent to an activating group) is 1. The van der Waals surface area contributed by atoms with Crippen LogP contribution in [-0.4, -0.2) is 37.4 Å². The maximum Gasteiger partial charge on any atom is 0.255 e. The first-order valence-electron chi connectivity index (χ1n) is 11.2. The van der Waals surface area contributed by atoms with Gasteiger partial charge in [0.05, 0.1) is 19.3 Å². The molecule has 0 saturated heterocycles. The average molecular weight is 444 g/mol. The van der Waals surface area contributed by atoms with Gasteiger partial charge < -0.3 is 15.4 Å². The molecule has 0 saturated carbocycles. The van der Waals surface area contributed by atoms with Gasteiger partial charge >= 0.3 is 0 Å². The monoisotopic (exact) mass is 443 g/mol. The maximum atomic E-state index is 12.7. The Labute approximate surface area is 194 Å². The summed E-state index contributed by atoms with van der Waals surface area (Å²) in [6.07, 6.45) is 3.28. The second-order valence-corrected chi connectivity index (χ2v) is 8.30. The molecule has 3 aromatic rings. The Balaban J connectivity index is 1.34. The summed E-state index contributed by atoms with van der Waals surface area (Å²) in [5, 5.41) is 5.79. The van der Waals surface area contributed by atoms with Gasteiger partial charge in [0.15, 0.2) is 0 Å². The highest BCUT2D eigenvalue weighted by molar-refractivity contribution is 6.05. The predicted octanol–water partition coefficient (Wildman–Crippen LogP) is 4.90. The summed E-state index contributed by atoms with van der Waals surface area (Å²) in [6.45, 7) is 0.301. The van der Waals surface area contributed by atoms with Crippen molar-refractivity contribution in [1.82, 2.24) is 4.90 Å². The Bertz CT molecular complexity index is 1130. The van der Waals surface area contributed by atoms with Crippen molar-refractivity contribution in [2.45, 2.75) is 25.3 Å². The van der Waals surface area contributed by atoms with E-state index < -0.39 is 0 Å². The van der Waals surface area contributed by atoms with Gasteiger partial charge in [-0.15, -0.1) is 0 Å². The number of aryl methyl sites for hydroxylation is 1. The molecule has 0 fully saturated rings. The first-order chi connectivity index (χ1) is 16.0. The van der Waals surface area contributed by atoms with Gasteiger partial charge in [0, 0.05) is 17.3 Å². The molecule has 170 valence electrons. The molecule has 6 heteroatoms. The van der Waals surface area contributed by atoms with Crippen LogP contribution in [0.4, 0.5) is 11.4 Å². The molecule has 0 bridgehead atoms. The van der Waals surface area contributed by atoms with Gasteiger partial charge in [-0.25, -0.2) is 0 Å². The van der Waals surface area contributed by atoms with E-state index in [1.807, 2.05) is 19.2 Å². The number of nitrogens with zero attached hydrogens (tertiary/aromatic N) is 1. The number of rotatable bonds is 7. The van der Waals surface area contributed by atoms with Crippen LogP contribution >= 0.6 is 0 Å². The number of carbonyl (C=O) groups is 2. The number of methoxy groups -OCH3 is 1. The number of amides is 2. The Kier molecular flexibility index (Phi) is 7.05. The smallest absolute Gasteiger partial charge is 0.255 e.